The van der Waals surface area contributed by atoms with Crippen molar-refractivity contribution in [1.82, 2.24) is 20.6 Å². The molecule has 0 spiro atoms. The number of urea groups is 1. The number of likely N-dealkylation sites (tertiary alicyclic amines) is 1. The number of nitrogens with one attached hydrogen (secondary N) is 2. The van der Waals surface area contributed by atoms with Crippen molar-refractivity contribution in [3.05, 3.63) is 0 Å². The topological polar surface area (TPSA) is 211 Å². The van der Waals surface area contributed by atoms with Crippen molar-refractivity contribution in [2.45, 2.75) is 80.0 Å². The minimum absolute atomic E-state index is 0.00749. The van der Waals surface area contributed by atoms with Crippen LogP contribution in [-0.2, 0) is 29.3 Å². The van der Waals surface area contributed by atoms with Crippen LogP contribution in [0.2, 0.25) is 0 Å². The number of hydroxylamine groups is 2. The van der Waals surface area contributed by atoms with Crippen molar-refractivity contribution in [2.24, 2.45) is 0 Å². The minimum atomic E-state index is -5.25. The number of carbonyl (C=O) groups is 5. The molecule has 16 heteroatoms. The number of hydrogen-bond donors (Lipinski definition) is 5. The van der Waals surface area contributed by atoms with Crippen LogP contribution in [0.5, 0.6) is 0 Å². The number of rotatable bonds is 13. The normalized spacial score (nSPS) is 25.6. The lowest BCUT2D eigenvalue weighted by atomic mass is 10.0. The number of unbranched alkanes of at least 4 members (excludes halogenated alkanes) is 2. The van der Waals surface area contributed by atoms with Gasteiger partial charge < -0.3 is 15.7 Å². The van der Waals surface area contributed by atoms with E-state index in [1.165, 1.54) is 11.8 Å². The van der Waals surface area contributed by atoms with Crippen molar-refractivity contribution in [1.29, 1.82) is 0 Å². The number of aliphatic carboxylic acids is 1. The highest BCUT2D eigenvalue weighted by molar-refractivity contribution is 8.00. The third kappa shape index (κ3) is 5.92. The second-order valence-corrected chi connectivity index (χ2v) is 12.0. The zero-order chi connectivity index (χ0) is 26.7. The van der Waals surface area contributed by atoms with Crippen LogP contribution in [0.25, 0.3) is 0 Å². The second-order valence-electron chi connectivity index (χ2n) is 9.06. The molecule has 3 rings (SSSR count). The average Bonchev–Trinajstić information content (AvgIpc) is 3.42. The summed E-state index contributed by atoms with van der Waals surface area (Å²) in [6, 6.07) is -1.48. The number of thioether (sulfide) groups is 1. The molecule has 3 saturated heterocycles. The first kappa shape index (κ1) is 28.1. The monoisotopic (exact) mass is 550 g/mol. The highest BCUT2D eigenvalue weighted by atomic mass is 32.2. The lowest BCUT2D eigenvalue weighted by Crippen LogP contribution is -2.59. The Kier molecular flexibility index (Phi) is 8.84. The van der Waals surface area contributed by atoms with Crippen molar-refractivity contribution >= 4 is 51.6 Å². The van der Waals surface area contributed by atoms with Crippen LogP contribution in [-0.4, -0.2) is 97.5 Å². The van der Waals surface area contributed by atoms with Crippen LogP contribution in [0.15, 0.2) is 0 Å². The third-order valence-electron chi connectivity index (χ3n) is 6.69. The molecule has 202 valence electrons. The Balaban J connectivity index is 1.51. The largest absolute Gasteiger partial charge is 0.479 e. The van der Waals surface area contributed by atoms with Gasteiger partial charge in [-0.3, -0.25) is 29.0 Å². The van der Waals surface area contributed by atoms with E-state index in [-0.39, 0.29) is 62.1 Å². The fourth-order valence-corrected chi connectivity index (χ4v) is 7.13. The lowest BCUT2D eigenvalue weighted by Gasteiger charge is -2.28. The number of amides is 5. The summed E-state index contributed by atoms with van der Waals surface area (Å²) >= 11 is 1.44. The van der Waals surface area contributed by atoms with Gasteiger partial charge in [-0.25, -0.2) is 14.7 Å². The van der Waals surface area contributed by atoms with E-state index in [4.69, 9.17) is 0 Å². The SMILES string of the molecule is O=C(CCCCCN1C(=O)CCC1=O)NC(CCC[C@@H]1SC[C@H]2[C@@H]1NC(=O)N2O)(C(=O)O)S(=O)(=O)O. The Morgan fingerprint density at radius 3 is 2.39 bits per heavy atom. The molecule has 3 aliphatic rings. The number of carboxylic acids is 1. The maximum absolute atomic E-state index is 12.4. The van der Waals surface area contributed by atoms with Gasteiger partial charge in [0.2, 0.25) is 17.7 Å². The number of imide groups is 1. The standard InChI is InChI=1S/C20H30N4O10S2/c25-14(6-2-1-3-10-23-15(26)7-8-16(23)27)22-20(18(28)29,36(32,33)34)9-4-5-13-17-12(11-35-13)24(31)19(30)21-17/h12-13,17,31H,1-11H2,(H,21,30)(H,22,25)(H,28,29)(H,32,33,34)/t12-,13-,17-,20?/m0/s1. The predicted molar refractivity (Wildman–Crippen MR) is 124 cm³/mol. The molecule has 0 aromatic carbocycles. The van der Waals surface area contributed by atoms with Crippen molar-refractivity contribution < 1.29 is 47.3 Å². The molecule has 0 radical (unpaired) electrons. The zero-order valence-corrected chi connectivity index (χ0v) is 21.1. The molecule has 36 heavy (non-hydrogen) atoms. The summed E-state index contributed by atoms with van der Waals surface area (Å²) < 4.78 is 33.9. The highest BCUT2D eigenvalue weighted by Crippen LogP contribution is 2.37. The maximum atomic E-state index is 12.4. The molecule has 0 saturated carbocycles. The molecule has 5 N–H and O–H groups in total. The van der Waals surface area contributed by atoms with Crippen molar-refractivity contribution in [3.63, 3.8) is 0 Å². The van der Waals surface area contributed by atoms with E-state index in [0.29, 0.717) is 23.7 Å². The highest BCUT2D eigenvalue weighted by Gasteiger charge is 2.53. The Bertz CT molecular complexity index is 1010. The van der Waals surface area contributed by atoms with Gasteiger partial charge >= 0.3 is 22.1 Å². The molecule has 4 atom stereocenters. The lowest BCUT2D eigenvalue weighted by molar-refractivity contribution is -0.144. The Labute approximate surface area is 211 Å². The van der Waals surface area contributed by atoms with Crippen LogP contribution in [0, 0.1) is 0 Å². The molecule has 0 bridgehead atoms. The van der Waals surface area contributed by atoms with Crippen LogP contribution >= 0.6 is 11.8 Å². The fraction of sp³-hybridized carbons (Fsp3) is 0.750. The van der Waals surface area contributed by atoms with Crippen LogP contribution in [0.3, 0.4) is 0 Å². The van der Waals surface area contributed by atoms with Gasteiger partial charge in [0.1, 0.15) is 0 Å². The predicted octanol–water partition coefficient (Wildman–Crippen LogP) is -0.0820. The number of carboxylic acid groups (broad SMARTS) is 1. The number of fused-ring (bicyclic) bond motifs is 1. The maximum Gasteiger partial charge on any atom is 0.348 e. The number of carbonyl (C=O) groups excluding carboxylic acids is 4. The van der Waals surface area contributed by atoms with Gasteiger partial charge in [0.05, 0.1) is 12.1 Å². The average molecular weight is 551 g/mol. The van der Waals surface area contributed by atoms with Gasteiger partial charge in [0.15, 0.2) is 0 Å². The van der Waals surface area contributed by atoms with E-state index >= 15 is 0 Å². The quantitative estimate of drug-likeness (QED) is 0.0672. The summed E-state index contributed by atoms with van der Waals surface area (Å²) in [5.41, 5.74) is 0. The third-order valence-corrected chi connectivity index (χ3v) is 9.55. The summed E-state index contributed by atoms with van der Waals surface area (Å²) in [7, 11) is -5.25. The molecule has 0 aliphatic carbocycles. The van der Waals surface area contributed by atoms with E-state index in [1.54, 1.807) is 0 Å². The number of nitrogens with zero attached hydrogens (tertiary/aromatic N) is 2. The molecule has 3 heterocycles. The van der Waals surface area contributed by atoms with E-state index < -0.39 is 51.4 Å². The van der Waals surface area contributed by atoms with Gasteiger partial charge in [-0.2, -0.15) is 20.2 Å². The van der Waals surface area contributed by atoms with Gasteiger partial charge in [0.25, 0.3) is 4.87 Å². The molecule has 14 nitrogen and oxygen atoms in total. The molecule has 1 unspecified atom stereocenters. The summed E-state index contributed by atoms with van der Waals surface area (Å²) in [6.07, 6.45) is 0.946. The van der Waals surface area contributed by atoms with E-state index in [9.17, 15) is 47.3 Å². The van der Waals surface area contributed by atoms with Gasteiger partial charge in [-0.1, -0.05) is 6.42 Å². The summed E-state index contributed by atoms with van der Waals surface area (Å²) in [4.78, 5) is 57.4. The molecule has 3 aliphatic heterocycles. The fourth-order valence-electron chi connectivity index (χ4n) is 4.68. The molecule has 3 fully saturated rings. The molecule has 5 amide bonds. The van der Waals surface area contributed by atoms with E-state index in [0.717, 1.165) is 4.90 Å². The van der Waals surface area contributed by atoms with Crippen LogP contribution < -0.4 is 10.6 Å². The van der Waals surface area contributed by atoms with Crippen molar-refractivity contribution in [2.75, 3.05) is 12.3 Å². The van der Waals surface area contributed by atoms with E-state index in [1.807, 2.05) is 5.32 Å². The number of hydrogen-bond acceptors (Lipinski definition) is 9. The summed E-state index contributed by atoms with van der Waals surface area (Å²) in [5.74, 6) is -2.83. The molecule has 0 aromatic heterocycles. The van der Waals surface area contributed by atoms with Gasteiger partial charge in [-0.15, -0.1) is 0 Å². The summed E-state index contributed by atoms with van der Waals surface area (Å²) in [5, 5.41) is 24.4. The first-order valence-electron chi connectivity index (χ1n) is 11.6. The van der Waals surface area contributed by atoms with E-state index in [2.05, 4.69) is 5.32 Å². The molecular weight excluding hydrogens is 520 g/mol. The van der Waals surface area contributed by atoms with Gasteiger partial charge in [0, 0.05) is 36.8 Å². The van der Waals surface area contributed by atoms with Gasteiger partial charge in [-0.05, 0) is 32.1 Å². The second kappa shape index (κ2) is 11.3. The Hall–Kier alpha value is -2.43. The summed E-state index contributed by atoms with van der Waals surface area (Å²) in [6.45, 7) is 0.221. The zero-order valence-electron chi connectivity index (χ0n) is 19.4. The minimum Gasteiger partial charge on any atom is -0.479 e. The van der Waals surface area contributed by atoms with Crippen LogP contribution in [0.1, 0.15) is 57.8 Å². The smallest absolute Gasteiger partial charge is 0.348 e. The van der Waals surface area contributed by atoms with Crippen molar-refractivity contribution in [3.8, 4) is 0 Å². The molecule has 0 aromatic rings. The first-order valence-corrected chi connectivity index (χ1v) is 14.1. The Morgan fingerprint density at radius 1 is 1.11 bits per heavy atom. The first-order chi connectivity index (χ1) is 16.9. The van der Waals surface area contributed by atoms with Crippen LogP contribution in [0.4, 0.5) is 4.79 Å². The molecular formula is C20H30N4O10S2. The Morgan fingerprint density at radius 2 is 1.78 bits per heavy atom.